The van der Waals surface area contributed by atoms with E-state index in [9.17, 15) is 4.79 Å². The van der Waals surface area contributed by atoms with Crippen LogP contribution in [-0.4, -0.2) is 18.5 Å². The molecular weight excluding hydrogens is 152 g/mol. The van der Waals surface area contributed by atoms with E-state index in [0.717, 1.165) is 25.5 Å². The molecule has 0 heterocycles. The van der Waals surface area contributed by atoms with Crippen molar-refractivity contribution in [1.82, 2.24) is 0 Å². The van der Waals surface area contributed by atoms with Gasteiger partial charge in [-0.3, -0.25) is 0 Å². The van der Waals surface area contributed by atoms with Crippen molar-refractivity contribution in [1.29, 1.82) is 0 Å². The quantitative estimate of drug-likeness (QED) is 0.605. The van der Waals surface area contributed by atoms with Crippen LogP contribution in [0.15, 0.2) is 0 Å². The summed E-state index contributed by atoms with van der Waals surface area (Å²) >= 11 is 0. The Morgan fingerprint density at radius 1 is 1.42 bits per heavy atom. The SMILES string of the molecule is CCC(C=O)OC1CCCCC1. The second-order valence-electron chi connectivity index (χ2n) is 3.48. The van der Waals surface area contributed by atoms with Gasteiger partial charge in [-0.15, -0.1) is 0 Å². The van der Waals surface area contributed by atoms with E-state index in [1.54, 1.807) is 0 Å². The minimum atomic E-state index is -0.159. The molecule has 0 saturated heterocycles. The van der Waals surface area contributed by atoms with Crippen molar-refractivity contribution in [3.63, 3.8) is 0 Å². The molecule has 2 heteroatoms. The minimum absolute atomic E-state index is 0.159. The zero-order chi connectivity index (χ0) is 8.81. The lowest BCUT2D eigenvalue weighted by molar-refractivity contribution is -0.123. The molecule has 1 rings (SSSR count). The van der Waals surface area contributed by atoms with E-state index < -0.39 is 0 Å². The number of rotatable bonds is 4. The van der Waals surface area contributed by atoms with E-state index in [1.165, 1.54) is 19.3 Å². The van der Waals surface area contributed by atoms with Crippen LogP contribution < -0.4 is 0 Å². The van der Waals surface area contributed by atoms with Crippen molar-refractivity contribution >= 4 is 6.29 Å². The molecule has 0 bridgehead atoms. The highest BCUT2D eigenvalue weighted by molar-refractivity contribution is 5.55. The van der Waals surface area contributed by atoms with Crippen LogP contribution in [0, 0.1) is 0 Å². The van der Waals surface area contributed by atoms with Crippen LogP contribution in [0.2, 0.25) is 0 Å². The smallest absolute Gasteiger partial charge is 0.148 e. The maximum absolute atomic E-state index is 10.5. The van der Waals surface area contributed by atoms with Gasteiger partial charge in [0.05, 0.1) is 6.10 Å². The largest absolute Gasteiger partial charge is 0.368 e. The van der Waals surface area contributed by atoms with Crippen molar-refractivity contribution in [2.24, 2.45) is 0 Å². The lowest BCUT2D eigenvalue weighted by Gasteiger charge is -2.24. The third-order valence-electron chi connectivity index (χ3n) is 2.47. The average Bonchev–Trinajstić information content (AvgIpc) is 2.16. The molecule has 70 valence electrons. The summed E-state index contributed by atoms with van der Waals surface area (Å²) in [5.74, 6) is 0. The van der Waals surface area contributed by atoms with Crippen LogP contribution in [0.4, 0.5) is 0 Å². The molecule has 0 aromatic carbocycles. The van der Waals surface area contributed by atoms with Gasteiger partial charge in [0.25, 0.3) is 0 Å². The lowest BCUT2D eigenvalue weighted by atomic mass is 9.97. The Labute approximate surface area is 74.3 Å². The molecular formula is C10H18O2. The zero-order valence-corrected chi connectivity index (χ0v) is 7.79. The normalized spacial score (nSPS) is 22.1. The van der Waals surface area contributed by atoms with Crippen LogP contribution in [0.5, 0.6) is 0 Å². The number of hydrogen-bond acceptors (Lipinski definition) is 2. The molecule has 1 fully saturated rings. The summed E-state index contributed by atoms with van der Waals surface area (Å²) in [6.45, 7) is 1.99. The summed E-state index contributed by atoms with van der Waals surface area (Å²) in [5.41, 5.74) is 0. The monoisotopic (exact) mass is 170 g/mol. The highest BCUT2D eigenvalue weighted by atomic mass is 16.5. The van der Waals surface area contributed by atoms with Crippen molar-refractivity contribution in [3.05, 3.63) is 0 Å². The first-order chi connectivity index (χ1) is 5.86. The average molecular weight is 170 g/mol. The fraction of sp³-hybridized carbons (Fsp3) is 0.900. The highest BCUT2D eigenvalue weighted by Crippen LogP contribution is 2.21. The Balaban J connectivity index is 2.22. The summed E-state index contributed by atoms with van der Waals surface area (Å²) in [4.78, 5) is 10.5. The maximum atomic E-state index is 10.5. The first-order valence-electron chi connectivity index (χ1n) is 4.97. The molecule has 1 aliphatic carbocycles. The van der Waals surface area contributed by atoms with Gasteiger partial charge >= 0.3 is 0 Å². The number of ether oxygens (including phenoxy) is 1. The molecule has 0 aromatic heterocycles. The standard InChI is InChI=1S/C10H18O2/c1-2-9(8-11)12-10-6-4-3-5-7-10/h8-10H,2-7H2,1H3. The van der Waals surface area contributed by atoms with Gasteiger partial charge in [0, 0.05) is 0 Å². The van der Waals surface area contributed by atoms with E-state index in [0.29, 0.717) is 6.10 Å². The summed E-state index contributed by atoms with van der Waals surface area (Å²) in [6, 6.07) is 0. The predicted molar refractivity (Wildman–Crippen MR) is 48.1 cm³/mol. The molecule has 1 saturated carbocycles. The van der Waals surface area contributed by atoms with E-state index in [-0.39, 0.29) is 6.10 Å². The lowest BCUT2D eigenvalue weighted by Crippen LogP contribution is -2.24. The summed E-state index contributed by atoms with van der Waals surface area (Å²) in [7, 11) is 0. The van der Waals surface area contributed by atoms with Gasteiger partial charge < -0.3 is 9.53 Å². The van der Waals surface area contributed by atoms with Gasteiger partial charge in [-0.1, -0.05) is 26.2 Å². The highest BCUT2D eigenvalue weighted by Gasteiger charge is 2.17. The number of carbonyl (C=O) groups excluding carboxylic acids is 1. The van der Waals surface area contributed by atoms with Crippen LogP contribution in [-0.2, 0) is 9.53 Å². The van der Waals surface area contributed by atoms with Gasteiger partial charge in [-0.2, -0.15) is 0 Å². The molecule has 1 aliphatic rings. The van der Waals surface area contributed by atoms with Gasteiger partial charge in [0.2, 0.25) is 0 Å². The maximum Gasteiger partial charge on any atom is 0.148 e. The molecule has 0 radical (unpaired) electrons. The molecule has 0 aromatic rings. The van der Waals surface area contributed by atoms with Crippen LogP contribution in [0.1, 0.15) is 45.4 Å². The molecule has 12 heavy (non-hydrogen) atoms. The minimum Gasteiger partial charge on any atom is -0.368 e. The van der Waals surface area contributed by atoms with Crippen molar-refractivity contribution in [2.45, 2.75) is 57.7 Å². The Morgan fingerprint density at radius 3 is 2.58 bits per heavy atom. The molecule has 2 nitrogen and oxygen atoms in total. The van der Waals surface area contributed by atoms with Crippen LogP contribution in [0.3, 0.4) is 0 Å². The fourth-order valence-corrected chi connectivity index (χ4v) is 1.67. The van der Waals surface area contributed by atoms with E-state index in [4.69, 9.17) is 4.74 Å². The number of aldehydes is 1. The fourth-order valence-electron chi connectivity index (χ4n) is 1.67. The molecule has 1 atom stereocenters. The third-order valence-corrected chi connectivity index (χ3v) is 2.47. The number of hydrogen-bond donors (Lipinski definition) is 0. The van der Waals surface area contributed by atoms with E-state index in [2.05, 4.69) is 0 Å². The Morgan fingerprint density at radius 2 is 2.08 bits per heavy atom. The van der Waals surface area contributed by atoms with Gasteiger partial charge in [-0.05, 0) is 19.3 Å². The number of carbonyl (C=O) groups is 1. The topological polar surface area (TPSA) is 26.3 Å². The molecule has 0 aliphatic heterocycles. The Hall–Kier alpha value is -0.370. The van der Waals surface area contributed by atoms with Gasteiger partial charge in [0.15, 0.2) is 0 Å². The molecule has 0 spiro atoms. The third kappa shape index (κ3) is 2.94. The van der Waals surface area contributed by atoms with Gasteiger partial charge in [-0.25, -0.2) is 0 Å². The zero-order valence-electron chi connectivity index (χ0n) is 7.79. The van der Waals surface area contributed by atoms with Crippen molar-refractivity contribution < 1.29 is 9.53 Å². The Kier molecular flexibility index (Phi) is 4.30. The summed E-state index contributed by atoms with van der Waals surface area (Å²) in [6.07, 6.45) is 8.07. The summed E-state index contributed by atoms with van der Waals surface area (Å²) < 4.78 is 5.62. The first-order valence-corrected chi connectivity index (χ1v) is 4.97. The molecule has 0 amide bonds. The van der Waals surface area contributed by atoms with E-state index >= 15 is 0 Å². The second-order valence-corrected chi connectivity index (χ2v) is 3.48. The van der Waals surface area contributed by atoms with Crippen LogP contribution >= 0.6 is 0 Å². The van der Waals surface area contributed by atoms with E-state index in [1.807, 2.05) is 6.92 Å². The van der Waals surface area contributed by atoms with Crippen LogP contribution in [0.25, 0.3) is 0 Å². The molecule has 1 unspecified atom stereocenters. The van der Waals surface area contributed by atoms with Crippen molar-refractivity contribution in [3.8, 4) is 0 Å². The first kappa shape index (κ1) is 9.72. The summed E-state index contributed by atoms with van der Waals surface area (Å²) in [5, 5.41) is 0. The second kappa shape index (κ2) is 5.31. The van der Waals surface area contributed by atoms with Gasteiger partial charge in [0.1, 0.15) is 12.4 Å². The van der Waals surface area contributed by atoms with Crippen molar-refractivity contribution in [2.75, 3.05) is 0 Å². The predicted octanol–water partition coefficient (Wildman–Crippen LogP) is 2.31. The Bertz CT molecular complexity index is 128. The molecule has 0 N–H and O–H groups in total.